The number of methoxy groups -OCH3 is 1. The highest BCUT2D eigenvalue weighted by Crippen LogP contribution is 2.28. The second kappa shape index (κ2) is 4.98. The van der Waals surface area contributed by atoms with Gasteiger partial charge in [0.1, 0.15) is 5.75 Å². The van der Waals surface area contributed by atoms with E-state index in [1.807, 2.05) is 13.0 Å². The largest absolute Gasteiger partial charge is 0.495 e. The molecule has 0 atom stereocenters. The summed E-state index contributed by atoms with van der Waals surface area (Å²) in [5, 5.41) is 0. The van der Waals surface area contributed by atoms with Crippen molar-refractivity contribution in [3.8, 4) is 5.75 Å². The molecular weight excluding hydrogens is 314 g/mol. The van der Waals surface area contributed by atoms with Crippen LogP contribution in [0.3, 0.4) is 0 Å². The van der Waals surface area contributed by atoms with Crippen LogP contribution >= 0.6 is 34.2 Å². The van der Waals surface area contributed by atoms with Gasteiger partial charge in [0.05, 0.1) is 22.1 Å². The summed E-state index contributed by atoms with van der Waals surface area (Å²) in [5.41, 5.74) is 1.64. The van der Waals surface area contributed by atoms with Crippen LogP contribution in [0.2, 0.25) is 0 Å². The molecular formula is C10H10ClIO2. The van der Waals surface area contributed by atoms with Gasteiger partial charge >= 0.3 is 0 Å². The Bertz CT molecular complexity index is 363. The normalized spacial score (nSPS) is 10.0. The van der Waals surface area contributed by atoms with Gasteiger partial charge in [0, 0.05) is 0 Å². The van der Waals surface area contributed by atoms with Gasteiger partial charge in [-0.2, -0.15) is 0 Å². The lowest BCUT2D eigenvalue weighted by Gasteiger charge is -2.10. The van der Waals surface area contributed by atoms with Gasteiger partial charge in [0.25, 0.3) is 0 Å². The zero-order valence-corrected chi connectivity index (χ0v) is 10.8. The third kappa shape index (κ3) is 2.20. The molecule has 0 saturated heterocycles. The maximum absolute atomic E-state index is 11.4. The molecule has 0 bridgehead atoms. The maximum atomic E-state index is 11.4. The lowest BCUT2D eigenvalue weighted by atomic mass is 10.1. The number of rotatable bonds is 3. The molecule has 0 aliphatic carbocycles. The molecule has 0 aromatic heterocycles. The summed E-state index contributed by atoms with van der Waals surface area (Å²) >= 11 is 7.66. The molecule has 1 rings (SSSR count). The van der Waals surface area contributed by atoms with E-state index in [4.69, 9.17) is 16.3 Å². The van der Waals surface area contributed by atoms with Crippen LogP contribution in [0.1, 0.15) is 15.9 Å². The quantitative estimate of drug-likeness (QED) is 0.485. The number of hydrogen-bond donors (Lipinski definition) is 0. The summed E-state index contributed by atoms with van der Waals surface area (Å²) in [7, 11) is 1.56. The Balaban J connectivity index is 3.31. The zero-order chi connectivity index (χ0) is 10.7. The van der Waals surface area contributed by atoms with Gasteiger partial charge in [0.15, 0.2) is 5.78 Å². The maximum Gasteiger partial charge on any atom is 0.181 e. The third-order valence-electron chi connectivity index (χ3n) is 1.92. The number of ether oxygens (including phenoxy) is 1. The minimum atomic E-state index is -0.110. The number of ketones is 1. The van der Waals surface area contributed by atoms with Crippen LogP contribution in [0.4, 0.5) is 0 Å². The van der Waals surface area contributed by atoms with Crippen LogP contribution in [0.15, 0.2) is 12.1 Å². The smallest absolute Gasteiger partial charge is 0.181 e. The Labute approximate surface area is 102 Å². The lowest BCUT2D eigenvalue weighted by molar-refractivity contribution is 0.101. The number of alkyl halides is 1. The van der Waals surface area contributed by atoms with E-state index in [2.05, 4.69) is 22.6 Å². The number of carbonyl (C=O) groups excluding carboxylic acids is 1. The Morgan fingerprint density at radius 2 is 2.21 bits per heavy atom. The average molecular weight is 325 g/mol. The summed E-state index contributed by atoms with van der Waals surface area (Å²) < 4.78 is 6.15. The Morgan fingerprint density at radius 1 is 1.57 bits per heavy atom. The van der Waals surface area contributed by atoms with Gasteiger partial charge in [-0.25, -0.2) is 0 Å². The first-order chi connectivity index (χ1) is 6.61. The second-order valence-corrected chi connectivity index (χ2v) is 4.18. The van der Waals surface area contributed by atoms with Crippen molar-refractivity contribution in [3.63, 3.8) is 0 Å². The van der Waals surface area contributed by atoms with Crippen LogP contribution < -0.4 is 4.74 Å². The summed E-state index contributed by atoms with van der Waals surface area (Å²) in [6.45, 7) is 1.97. The fraction of sp³-hybridized carbons (Fsp3) is 0.300. The summed E-state index contributed by atoms with van der Waals surface area (Å²) in [6, 6.07) is 3.64. The van der Waals surface area contributed by atoms with Crippen LogP contribution in [-0.2, 0) is 0 Å². The van der Waals surface area contributed by atoms with Gasteiger partial charge in [-0.15, -0.1) is 11.6 Å². The van der Waals surface area contributed by atoms with E-state index in [-0.39, 0.29) is 11.7 Å². The van der Waals surface area contributed by atoms with Crippen LogP contribution in [0.25, 0.3) is 0 Å². The minimum absolute atomic E-state index is 0.0184. The highest BCUT2D eigenvalue weighted by atomic mass is 127. The van der Waals surface area contributed by atoms with Gasteiger partial charge < -0.3 is 4.74 Å². The first-order valence-corrected chi connectivity index (χ1v) is 5.65. The van der Waals surface area contributed by atoms with Crippen LogP contribution in [-0.4, -0.2) is 18.8 Å². The van der Waals surface area contributed by atoms with Crippen molar-refractivity contribution in [1.29, 1.82) is 0 Å². The van der Waals surface area contributed by atoms with E-state index in [0.717, 1.165) is 9.13 Å². The molecule has 0 radical (unpaired) electrons. The molecule has 0 spiro atoms. The first-order valence-electron chi connectivity index (χ1n) is 4.04. The molecule has 1 aromatic carbocycles. The molecule has 1 aromatic rings. The molecule has 0 amide bonds. The molecule has 76 valence electrons. The number of halogens is 2. The average Bonchev–Trinajstić information content (AvgIpc) is 2.20. The highest BCUT2D eigenvalue weighted by Gasteiger charge is 2.14. The molecule has 0 fully saturated rings. The first kappa shape index (κ1) is 11.8. The van der Waals surface area contributed by atoms with E-state index in [9.17, 15) is 4.79 Å². The topological polar surface area (TPSA) is 26.3 Å². The predicted octanol–water partition coefficient (Wildman–Crippen LogP) is 3.03. The van der Waals surface area contributed by atoms with E-state index in [0.29, 0.717) is 11.3 Å². The lowest BCUT2D eigenvalue weighted by Crippen LogP contribution is -2.05. The van der Waals surface area contributed by atoms with Gasteiger partial charge in [-0.3, -0.25) is 4.79 Å². The summed E-state index contributed by atoms with van der Waals surface area (Å²) in [4.78, 5) is 11.4. The van der Waals surface area contributed by atoms with Crippen molar-refractivity contribution in [2.75, 3.05) is 13.0 Å². The molecule has 0 heterocycles. The molecule has 4 heteroatoms. The van der Waals surface area contributed by atoms with Crippen molar-refractivity contribution < 1.29 is 9.53 Å². The predicted molar refractivity (Wildman–Crippen MR) is 65.5 cm³/mol. The van der Waals surface area contributed by atoms with Crippen molar-refractivity contribution in [2.24, 2.45) is 0 Å². The van der Waals surface area contributed by atoms with E-state index >= 15 is 0 Å². The van der Waals surface area contributed by atoms with Crippen molar-refractivity contribution >= 4 is 40.0 Å². The Hall–Kier alpha value is -0.290. The molecule has 2 nitrogen and oxygen atoms in total. The number of Topliss-reactive ketones (excluding diaryl/α,β-unsaturated/α-hetero) is 1. The number of benzene rings is 1. The van der Waals surface area contributed by atoms with Gasteiger partial charge in [0.2, 0.25) is 0 Å². The van der Waals surface area contributed by atoms with Crippen molar-refractivity contribution in [1.82, 2.24) is 0 Å². The van der Waals surface area contributed by atoms with E-state index < -0.39 is 0 Å². The minimum Gasteiger partial charge on any atom is -0.495 e. The summed E-state index contributed by atoms with van der Waals surface area (Å²) in [5.74, 6) is 0.493. The van der Waals surface area contributed by atoms with Gasteiger partial charge in [-0.1, -0.05) is 6.07 Å². The second-order valence-electron chi connectivity index (χ2n) is 2.83. The van der Waals surface area contributed by atoms with E-state index in [1.165, 1.54) is 0 Å². The zero-order valence-electron chi connectivity index (χ0n) is 7.93. The fourth-order valence-electron chi connectivity index (χ4n) is 1.15. The number of aryl methyl sites for hydroxylation is 1. The van der Waals surface area contributed by atoms with E-state index in [1.54, 1.807) is 13.2 Å². The Morgan fingerprint density at radius 3 is 2.71 bits per heavy atom. The summed E-state index contributed by atoms with van der Waals surface area (Å²) in [6.07, 6.45) is 0. The fourth-order valence-corrected chi connectivity index (χ4v) is 1.98. The molecule has 0 N–H and O–H groups in total. The van der Waals surface area contributed by atoms with Crippen molar-refractivity contribution in [3.05, 3.63) is 26.8 Å². The molecule has 0 unspecified atom stereocenters. The number of carbonyl (C=O) groups is 1. The Kier molecular flexibility index (Phi) is 4.19. The molecule has 0 aliphatic rings. The molecule has 0 aliphatic heterocycles. The van der Waals surface area contributed by atoms with Gasteiger partial charge in [-0.05, 0) is 41.1 Å². The monoisotopic (exact) mass is 324 g/mol. The molecule has 0 saturated carbocycles. The third-order valence-corrected chi connectivity index (χ3v) is 3.50. The standard InChI is InChI=1S/C10H10ClIO2/c1-6-3-4-7(8(13)5-11)10(14-2)9(6)12/h3-4H,5H2,1-2H3. The van der Waals surface area contributed by atoms with Crippen LogP contribution in [0.5, 0.6) is 5.75 Å². The van der Waals surface area contributed by atoms with Crippen molar-refractivity contribution in [2.45, 2.75) is 6.92 Å². The number of hydrogen-bond acceptors (Lipinski definition) is 2. The highest BCUT2D eigenvalue weighted by molar-refractivity contribution is 14.1. The van der Waals surface area contributed by atoms with Crippen LogP contribution in [0, 0.1) is 10.5 Å². The SMILES string of the molecule is COc1c(C(=O)CCl)ccc(C)c1I. The molecule has 14 heavy (non-hydrogen) atoms.